The minimum atomic E-state index is -0.554. The highest BCUT2D eigenvalue weighted by atomic mass is 32.1. The summed E-state index contributed by atoms with van der Waals surface area (Å²) in [4.78, 5) is 12.4. The fourth-order valence-corrected chi connectivity index (χ4v) is 3.43. The molecular weight excluding hydrogens is 272 g/mol. The van der Waals surface area contributed by atoms with Crippen LogP contribution in [0.15, 0.2) is 11.4 Å². The molecule has 0 bridgehead atoms. The van der Waals surface area contributed by atoms with Crippen LogP contribution in [-0.2, 0) is 0 Å². The largest absolute Gasteiger partial charge is 0.390 e. The van der Waals surface area contributed by atoms with Crippen molar-refractivity contribution in [2.45, 2.75) is 31.8 Å². The van der Waals surface area contributed by atoms with E-state index in [0.29, 0.717) is 5.95 Å². The Morgan fingerprint density at radius 1 is 1.35 bits per heavy atom. The van der Waals surface area contributed by atoms with Crippen molar-refractivity contribution in [1.29, 1.82) is 0 Å². The van der Waals surface area contributed by atoms with Gasteiger partial charge in [-0.3, -0.25) is 0 Å². The number of nitrogens with zero attached hydrogens (tertiary/aromatic N) is 3. The minimum absolute atomic E-state index is 0.554. The summed E-state index contributed by atoms with van der Waals surface area (Å²) in [6.45, 7) is 3.69. The maximum absolute atomic E-state index is 10.2. The first kappa shape index (κ1) is 13.6. The van der Waals surface area contributed by atoms with E-state index in [1.54, 1.807) is 11.3 Å². The van der Waals surface area contributed by atoms with E-state index in [-0.39, 0.29) is 0 Å². The molecule has 0 aliphatic carbocycles. The zero-order chi connectivity index (χ0) is 14.2. The van der Waals surface area contributed by atoms with Crippen LogP contribution in [0.4, 0.5) is 11.8 Å². The van der Waals surface area contributed by atoms with Crippen molar-refractivity contribution in [3.8, 4) is 0 Å². The number of fused-ring (bicyclic) bond motifs is 1. The summed E-state index contributed by atoms with van der Waals surface area (Å²) in [6.07, 6.45) is 2.61. The molecule has 1 fully saturated rings. The van der Waals surface area contributed by atoms with Gasteiger partial charge in [-0.2, -0.15) is 4.98 Å². The van der Waals surface area contributed by atoms with Crippen LogP contribution in [0.3, 0.4) is 0 Å². The lowest BCUT2D eigenvalue weighted by molar-refractivity contribution is 0.0481. The van der Waals surface area contributed by atoms with Gasteiger partial charge in [0, 0.05) is 20.1 Å². The number of aromatic nitrogens is 2. The Kier molecular flexibility index (Phi) is 3.52. The molecule has 0 spiro atoms. The Morgan fingerprint density at radius 2 is 2.20 bits per heavy atom. The number of hydrogen-bond donors (Lipinski definition) is 2. The molecule has 0 aromatic carbocycles. The maximum Gasteiger partial charge on any atom is 0.225 e. The van der Waals surface area contributed by atoms with Gasteiger partial charge in [-0.1, -0.05) is 0 Å². The highest BCUT2D eigenvalue weighted by molar-refractivity contribution is 7.16. The van der Waals surface area contributed by atoms with E-state index in [4.69, 9.17) is 0 Å². The lowest BCUT2D eigenvalue weighted by Gasteiger charge is -2.24. The molecule has 6 heteroatoms. The molecule has 5 nitrogen and oxygen atoms in total. The lowest BCUT2D eigenvalue weighted by Crippen LogP contribution is -2.29. The molecule has 1 aliphatic rings. The summed E-state index contributed by atoms with van der Waals surface area (Å²) in [7, 11) is 1.84. The van der Waals surface area contributed by atoms with E-state index in [2.05, 4.69) is 31.6 Å². The van der Waals surface area contributed by atoms with E-state index in [0.717, 1.165) is 48.4 Å². The van der Waals surface area contributed by atoms with Crippen molar-refractivity contribution in [2.75, 3.05) is 30.4 Å². The van der Waals surface area contributed by atoms with Crippen molar-refractivity contribution in [1.82, 2.24) is 9.97 Å². The number of rotatable bonds is 2. The molecule has 1 atom stereocenters. The highest BCUT2D eigenvalue weighted by Crippen LogP contribution is 2.31. The maximum atomic E-state index is 10.2. The number of aliphatic hydroxyl groups is 1. The van der Waals surface area contributed by atoms with Gasteiger partial charge in [-0.25, -0.2) is 4.98 Å². The molecule has 1 unspecified atom stereocenters. The highest BCUT2D eigenvalue weighted by Gasteiger charge is 2.26. The number of thiophene rings is 1. The van der Waals surface area contributed by atoms with Crippen molar-refractivity contribution in [2.24, 2.45) is 0 Å². The molecule has 0 saturated carbocycles. The average Bonchev–Trinajstić information content (AvgIpc) is 2.82. The molecule has 1 aliphatic heterocycles. The summed E-state index contributed by atoms with van der Waals surface area (Å²) in [5.41, 5.74) is -0.554. The van der Waals surface area contributed by atoms with E-state index in [1.807, 2.05) is 14.0 Å². The first-order valence-electron chi connectivity index (χ1n) is 6.99. The summed E-state index contributed by atoms with van der Waals surface area (Å²) in [5, 5.41) is 16.4. The molecule has 3 heterocycles. The summed E-state index contributed by atoms with van der Waals surface area (Å²) >= 11 is 1.63. The Morgan fingerprint density at radius 3 is 3.00 bits per heavy atom. The van der Waals surface area contributed by atoms with Gasteiger partial charge in [-0.15, -0.1) is 11.3 Å². The molecule has 0 radical (unpaired) electrons. The predicted octanol–water partition coefficient (Wildman–Crippen LogP) is 2.47. The van der Waals surface area contributed by atoms with Gasteiger partial charge in [0.05, 0.1) is 11.0 Å². The second kappa shape index (κ2) is 5.18. The second-order valence-electron chi connectivity index (χ2n) is 5.60. The molecule has 0 amide bonds. The minimum Gasteiger partial charge on any atom is -0.390 e. The van der Waals surface area contributed by atoms with Gasteiger partial charge >= 0.3 is 0 Å². The molecular formula is C14H20N4OS. The topological polar surface area (TPSA) is 61.3 Å². The van der Waals surface area contributed by atoms with Crippen LogP contribution >= 0.6 is 11.3 Å². The van der Waals surface area contributed by atoms with Crippen LogP contribution in [0, 0.1) is 0 Å². The summed E-state index contributed by atoms with van der Waals surface area (Å²) < 4.78 is 0. The second-order valence-corrected chi connectivity index (χ2v) is 6.49. The molecule has 20 heavy (non-hydrogen) atoms. The normalized spacial score (nSPS) is 23.9. The van der Waals surface area contributed by atoms with Gasteiger partial charge in [0.2, 0.25) is 5.95 Å². The predicted molar refractivity (Wildman–Crippen MR) is 83.6 cm³/mol. The fourth-order valence-electron chi connectivity index (χ4n) is 2.67. The number of hydrogen-bond acceptors (Lipinski definition) is 6. The zero-order valence-corrected chi connectivity index (χ0v) is 12.7. The SMILES string of the molecule is CNc1nc(N2CCCC(C)(O)CC2)c2ccsc2n1. The molecule has 2 aromatic rings. The Hall–Kier alpha value is -1.40. The quantitative estimate of drug-likeness (QED) is 0.890. The van der Waals surface area contributed by atoms with Gasteiger partial charge in [0.25, 0.3) is 0 Å². The zero-order valence-electron chi connectivity index (χ0n) is 11.9. The van der Waals surface area contributed by atoms with E-state index in [1.165, 1.54) is 0 Å². The summed E-state index contributed by atoms with van der Waals surface area (Å²) in [5.74, 6) is 1.64. The molecule has 2 N–H and O–H groups in total. The fraction of sp³-hybridized carbons (Fsp3) is 0.571. The van der Waals surface area contributed by atoms with E-state index < -0.39 is 5.60 Å². The van der Waals surface area contributed by atoms with Gasteiger partial charge in [-0.05, 0) is 37.6 Å². The van der Waals surface area contributed by atoms with Gasteiger partial charge in [0.1, 0.15) is 10.6 Å². The van der Waals surface area contributed by atoms with Gasteiger partial charge < -0.3 is 15.3 Å². The van der Waals surface area contributed by atoms with E-state index >= 15 is 0 Å². The standard InChI is InChI=1S/C14H20N4OS/c1-14(19)5-3-7-18(8-6-14)11-10-4-9-20-12(10)17-13(15-2)16-11/h4,9,19H,3,5-8H2,1-2H3,(H,15,16,17). The van der Waals surface area contributed by atoms with Gasteiger partial charge in [0.15, 0.2) is 0 Å². The first-order valence-corrected chi connectivity index (χ1v) is 7.87. The van der Waals surface area contributed by atoms with E-state index in [9.17, 15) is 5.11 Å². The Labute approximate surface area is 122 Å². The molecule has 2 aromatic heterocycles. The Bertz CT molecular complexity index is 610. The number of nitrogens with one attached hydrogen (secondary N) is 1. The average molecular weight is 292 g/mol. The van der Waals surface area contributed by atoms with Crippen LogP contribution in [0.1, 0.15) is 26.2 Å². The van der Waals surface area contributed by atoms with Crippen LogP contribution < -0.4 is 10.2 Å². The van der Waals surface area contributed by atoms with Crippen molar-refractivity contribution in [3.05, 3.63) is 11.4 Å². The van der Waals surface area contributed by atoms with Crippen LogP contribution in [0.5, 0.6) is 0 Å². The van der Waals surface area contributed by atoms with Crippen LogP contribution in [0.25, 0.3) is 10.2 Å². The monoisotopic (exact) mass is 292 g/mol. The Balaban J connectivity index is 1.98. The lowest BCUT2D eigenvalue weighted by atomic mass is 9.98. The van der Waals surface area contributed by atoms with Crippen molar-refractivity contribution >= 4 is 33.3 Å². The van der Waals surface area contributed by atoms with Crippen LogP contribution in [-0.4, -0.2) is 40.8 Å². The van der Waals surface area contributed by atoms with Crippen molar-refractivity contribution < 1.29 is 5.11 Å². The smallest absolute Gasteiger partial charge is 0.225 e. The molecule has 1 saturated heterocycles. The number of anilines is 2. The van der Waals surface area contributed by atoms with Crippen LogP contribution in [0.2, 0.25) is 0 Å². The molecule has 108 valence electrons. The molecule has 3 rings (SSSR count). The first-order chi connectivity index (χ1) is 9.59. The summed E-state index contributed by atoms with van der Waals surface area (Å²) in [6, 6.07) is 2.08. The third-order valence-electron chi connectivity index (χ3n) is 3.89. The third kappa shape index (κ3) is 2.58. The van der Waals surface area contributed by atoms with Crippen molar-refractivity contribution in [3.63, 3.8) is 0 Å². The third-order valence-corrected chi connectivity index (χ3v) is 4.70.